The lowest BCUT2D eigenvalue weighted by molar-refractivity contribution is -0.385. The summed E-state index contributed by atoms with van der Waals surface area (Å²) in [6, 6.07) is 2.94. The number of ether oxygens (including phenoxy) is 1. The van der Waals surface area contributed by atoms with Crippen LogP contribution in [0.2, 0.25) is 5.02 Å². The van der Waals surface area contributed by atoms with E-state index < -0.39 is 28.5 Å². The number of halogens is 1. The van der Waals surface area contributed by atoms with Gasteiger partial charge < -0.3 is 10.1 Å². The Hall–Kier alpha value is -2.15. The Morgan fingerprint density at radius 3 is 2.63 bits per heavy atom. The van der Waals surface area contributed by atoms with E-state index in [0.717, 1.165) is 6.07 Å². The summed E-state index contributed by atoms with van der Waals surface area (Å²) < 4.78 is 4.44. The van der Waals surface area contributed by atoms with Gasteiger partial charge in [-0.05, 0) is 13.0 Å². The fraction of sp³-hybridized carbons (Fsp3) is 0.273. The van der Waals surface area contributed by atoms with E-state index in [-0.39, 0.29) is 10.6 Å². The van der Waals surface area contributed by atoms with Gasteiger partial charge in [0.1, 0.15) is 11.6 Å². The van der Waals surface area contributed by atoms with Gasteiger partial charge in [0, 0.05) is 6.07 Å². The van der Waals surface area contributed by atoms with Crippen LogP contribution in [0.25, 0.3) is 0 Å². The smallest absolute Gasteiger partial charge is 0.328 e. The van der Waals surface area contributed by atoms with Crippen LogP contribution < -0.4 is 5.32 Å². The second-order valence-electron chi connectivity index (χ2n) is 3.61. The maximum atomic E-state index is 11.9. The van der Waals surface area contributed by atoms with Gasteiger partial charge in [-0.3, -0.25) is 14.9 Å². The summed E-state index contributed by atoms with van der Waals surface area (Å²) in [5.74, 6) is -1.47. The van der Waals surface area contributed by atoms with Gasteiger partial charge in [-0.25, -0.2) is 4.79 Å². The highest BCUT2D eigenvalue weighted by Crippen LogP contribution is 2.26. The van der Waals surface area contributed by atoms with Crippen molar-refractivity contribution < 1.29 is 19.2 Å². The molecule has 0 aromatic heterocycles. The van der Waals surface area contributed by atoms with Crippen LogP contribution in [-0.2, 0) is 9.53 Å². The monoisotopic (exact) mass is 286 g/mol. The third-order valence-electron chi connectivity index (χ3n) is 2.32. The van der Waals surface area contributed by atoms with E-state index in [4.69, 9.17) is 11.6 Å². The SMILES string of the molecule is COC(=O)C(C)NC(=O)c1c(Cl)cccc1[N+](=O)[O-]. The van der Waals surface area contributed by atoms with Crippen LogP contribution in [0.3, 0.4) is 0 Å². The molecule has 0 radical (unpaired) electrons. The molecule has 1 atom stereocenters. The predicted molar refractivity (Wildman–Crippen MR) is 67.1 cm³/mol. The average molecular weight is 287 g/mol. The Balaban J connectivity index is 3.06. The normalized spacial score (nSPS) is 11.5. The molecule has 7 nitrogen and oxygen atoms in total. The maximum absolute atomic E-state index is 11.9. The Morgan fingerprint density at radius 1 is 1.47 bits per heavy atom. The summed E-state index contributed by atoms with van der Waals surface area (Å²) in [6.07, 6.45) is 0. The van der Waals surface area contributed by atoms with Gasteiger partial charge in [0.25, 0.3) is 11.6 Å². The lowest BCUT2D eigenvalue weighted by atomic mass is 10.1. The lowest BCUT2D eigenvalue weighted by Gasteiger charge is -2.12. The van der Waals surface area contributed by atoms with Gasteiger partial charge in [0.15, 0.2) is 0 Å². The molecule has 0 bridgehead atoms. The van der Waals surface area contributed by atoms with Crippen molar-refractivity contribution >= 4 is 29.2 Å². The molecule has 0 aliphatic heterocycles. The fourth-order valence-electron chi connectivity index (χ4n) is 1.39. The molecule has 0 saturated heterocycles. The Kier molecular flexibility index (Phi) is 4.82. The molecular weight excluding hydrogens is 276 g/mol. The molecule has 0 aliphatic carbocycles. The van der Waals surface area contributed by atoms with E-state index in [1.54, 1.807) is 0 Å². The first-order chi connectivity index (χ1) is 8.88. The number of nitro groups is 1. The van der Waals surface area contributed by atoms with Gasteiger partial charge in [-0.2, -0.15) is 0 Å². The van der Waals surface area contributed by atoms with E-state index in [1.807, 2.05) is 0 Å². The topological polar surface area (TPSA) is 98.5 Å². The fourth-order valence-corrected chi connectivity index (χ4v) is 1.65. The van der Waals surface area contributed by atoms with Crippen molar-refractivity contribution in [2.24, 2.45) is 0 Å². The average Bonchev–Trinajstić information content (AvgIpc) is 2.36. The number of carbonyl (C=O) groups excluding carboxylic acids is 2. The zero-order valence-electron chi connectivity index (χ0n) is 10.2. The number of methoxy groups -OCH3 is 1. The van der Waals surface area contributed by atoms with Gasteiger partial charge in [-0.15, -0.1) is 0 Å². The standard InChI is InChI=1S/C11H11ClN2O5/c1-6(11(16)19-2)13-10(15)9-7(12)4-3-5-8(9)14(17)18/h3-6H,1-2H3,(H,13,15). The summed E-state index contributed by atoms with van der Waals surface area (Å²) in [5.41, 5.74) is -0.716. The molecule has 0 fully saturated rings. The van der Waals surface area contributed by atoms with Crippen LogP contribution in [0.1, 0.15) is 17.3 Å². The summed E-state index contributed by atoms with van der Waals surface area (Å²) in [7, 11) is 1.17. The Morgan fingerprint density at radius 2 is 2.11 bits per heavy atom. The highest BCUT2D eigenvalue weighted by Gasteiger charge is 2.26. The minimum atomic E-state index is -0.937. The first-order valence-corrected chi connectivity index (χ1v) is 5.58. The van der Waals surface area contributed by atoms with Crippen LogP contribution in [0.5, 0.6) is 0 Å². The third-order valence-corrected chi connectivity index (χ3v) is 2.63. The second-order valence-corrected chi connectivity index (χ2v) is 4.02. The van der Waals surface area contributed by atoms with Crippen molar-refractivity contribution in [3.63, 3.8) is 0 Å². The predicted octanol–water partition coefficient (Wildman–Crippen LogP) is 1.54. The van der Waals surface area contributed by atoms with Crippen molar-refractivity contribution in [2.75, 3.05) is 7.11 Å². The maximum Gasteiger partial charge on any atom is 0.328 e. The summed E-state index contributed by atoms with van der Waals surface area (Å²) in [4.78, 5) is 33.2. The first-order valence-electron chi connectivity index (χ1n) is 5.20. The van der Waals surface area contributed by atoms with Crippen LogP contribution in [0, 0.1) is 10.1 Å². The van der Waals surface area contributed by atoms with Gasteiger partial charge in [0.05, 0.1) is 17.1 Å². The zero-order valence-corrected chi connectivity index (χ0v) is 10.9. The Bertz CT molecular complexity index is 532. The molecule has 102 valence electrons. The van der Waals surface area contributed by atoms with E-state index >= 15 is 0 Å². The quantitative estimate of drug-likeness (QED) is 0.514. The highest BCUT2D eigenvalue weighted by atomic mass is 35.5. The van der Waals surface area contributed by atoms with Crippen molar-refractivity contribution in [1.29, 1.82) is 0 Å². The lowest BCUT2D eigenvalue weighted by Crippen LogP contribution is -2.39. The number of esters is 1. The van der Waals surface area contributed by atoms with Gasteiger partial charge in [0.2, 0.25) is 0 Å². The largest absolute Gasteiger partial charge is 0.467 e. The van der Waals surface area contributed by atoms with E-state index in [2.05, 4.69) is 10.1 Å². The number of benzene rings is 1. The van der Waals surface area contributed by atoms with E-state index in [9.17, 15) is 19.7 Å². The molecule has 1 aromatic rings. The minimum Gasteiger partial charge on any atom is -0.467 e. The first kappa shape index (κ1) is 14.9. The van der Waals surface area contributed by atoms with Crippen LogP contribution in [-0.4, -0.2) is 30.0 Å². The summed E-state index contributed by atoms with van der Waals surface area (Å²) in [5, 5.41) is 13.0. The molecule has 1 unspecified atom stereocenters. The van der Waals surface area contributed by atoms with Crippen LogP contribution >= 0.6 is 11.6 Å². The molecule has 0 aliphatic rings. The molecule has 0 heterocycles. The molecular formula is C11H11ClN2O5. The number of hydrogen-bond acceptors (Lipinski definition) is 5. The molecule has 1 amide bonds. The number of amides is 1. The minimum absolute atomic E-state index is 0.0660. The molecule has 8 heteroatoms. The van der Waals surface area contributed by atoms with Crippen LogP contribution in [0.15, 0.2) is 18.2 Å². The molecule has 19 heavy (non-hydrogen) atoms. The molecule has 0 saturated carbocycles. The number of nitrogens with zero attached hydrogens (tertiary/aromatic N) is 1. The molecule has 1 aromatic carbocycles. The summed E-state index contributed by atoms with van der Waals surface area (Å²) >= 11 is 5.78. The van der Waals surface area contributed by atoms with Crippen molar-refractivity contribution in [1.82, 2.24) is 5.32 Å². The van der Waals surface area contributed by atoms with Gasteiger partial charge >= 0.3 is 5.97 Å². The van der Waals surface area contributed by atoms with Crippen molar-refractivity contribution in [3.8, 4) is 0 Å². The zero-order chi connectivity index (χ0) is 14.6. The Labute approximate surface area is 113 Å². The number of nitrogens with one attached hydrogen (secondary N) is 1. The highest BCUT2D eigenvalue weighted by molar-refractivity contribution is 6.34. The molecule has 0 spiro atoms. The molecule has 1 N–H and O–H groups in total. The number of hydrogen-bond donors (Lipinski definition) is 1. The number of carbonyl (C=O) groups is 2. The third kappa shape index (κ3) is 3.41. The van der Waals surface area contributed by atoms with E-state index in [0.29, 0.717) is 0 Å². The van der Waals surface area contributed by atoms with Crippen molar-refractivity contribution in [2.45, 2.75) is 13.0 Å². The molecule has 1 rings (SSSR count). The van der Waals surface area contributed by atoms with Crippen LogP contribution in [0.4, 0.5) is 5.69 Å². The van der Waals surface area contributed by atoms with Crippen molar-refractivity contribution in [3.05, 3.63) is 38.9 Å². The summed E-state index contributed by atoms with van der Waals surface area (Å²) in [6.45, 7) is 1.40. The van der Waals surface area contributed by atoms with Gasteiger partial charge in [-0.1, -0.05) is 17.7 Å². The second kappa shape index (κ2) is 6.14. The van der Waals surface area contributed by atoms with E-state index in [1.165, 1.54) is 26.2 Å². The number of nitro benzene ring substituents is 1. The number of rotatable bonds is 4.